The van der Waals surface area contributed by atoms with Crippen LogP contribution < -0.4 is 15.0 Å². The van der Waals surface area contributed by atoms with E-state index in [1.165, 1.54) is 0 Å². The average molecular weight is 250 g/mol. The van der Waals surface area contributed by atoms with E-state index in [2.05, 4.69) is 5.32 Å². The lowest BCUT2D eigenvalue weighted by Gasteiger charge is -2.30. The Labute approximate surface area is 106 Å². The Hall–Kier alpha value is -1.59. The molecule has 1 amide bonds. The lowest BCUT2D eigenvalue weighted by molar-refractivity contribution is -0.125. The smallest absolute Gasteiger partial charge is 0.267 e. The van der Waals surface area contributed by atoms with Gasteiger partial charge in [0.15, 0.2) is 6.10 Å². The van der Waals surface area contributed by atoms with E-state index in [4.69, 9.17) is 9.84 Å². The van der Waals surface area contributed by atoms with Gasteiger partial charge in [-0.2, -0.15) is 0 Å². The molecule has 0 saturated heterocycles. The van der Waals surface area contributed by atoms with Crippen molar-refractivity contribution in [2.24, 2.45) is 0 Å². The van der Waals surface area contributed by atoms with Gasteiger partial charge in [0.2, 0.25) is 0 Å². The van der Waals surface area contributed by atoms with Gasteiger partial charge in [-0.3, -0.25) is 4.79 Å². The molecule has 1 heterocycles. The Morgan fingerprint density at radius 1 is 1.50 bits per heavy atom. The van der Waals surface area contributed by atoms with Crippen molar-refractivity contribution in [3.8, 4) is 5.75 Å². The van der Waals surface area contributed by atoms with Crippen LogP contribution in [0.5, 0.6) is 5.75 Å². The fraction of sp³-hybridized carbons (Fsp3) is 0.462. The summed E-state index contributed by atoms with van der Waals surface area (Å²) in [5.74, 6) is 0.693. The molecule has 18 heavy (non-hydrogen) atoms. The van der Waals surface area contributed by atoms with Crippen LogP contribution in [0.2, 0.25) is 0 Å². The summed E-state index contributed by atoms with van der Waals surface area (Å²) in [7, 11) is 1.76. The summed E-state index contributed by atoms with van der Waals surface area (Å²) in [6, 6.07) is 5.77. The molecular weight excluding hydrogens is 232 g/mol. The third-order valence-electron chi connectivity index (χ3n) is 2.98. The number of fused-ring (bicyclic) bond motifs is 1. The molecule has 5 heteroatoms. The Morgan fingerprint density at radius 3 is 3.00 bits per heavy atom. The van der Waals surface area contributed by atoms with Crippen molar-refractivity contribution in [1.82, 2.24) is 5.32 Å². The van der Waals surface area contributed by atoms with Gasteiger partial charge in [0.25, 0.3) is 5.91 Å². The van der Waals surface area contributed by atoms with Crippen molar-refractivity contribution >= 4 is 11.6 Å². The minimum atomic E-state index is -0.430. The summed E-state index contributed by atoms with van der Waals surface area (Å²) in [4.78, 5) is 13.4. The molecule has 5 nitrogen and oxygen atoms in total. The molecule has 1 aromatic rings. The van der Waals surface area contributed by atoms with E-state index in [0.29, 0.717) is 13.1 Å². The van der Waals surface area contributed by atoms with Gasteiger partial charge in [-0.15, -0.1) is 0 Å². The molecule has 0 bridgehead atoms. The molecule has 0 spiro atoms. The number of nitrogens with zero attached hydrogens (tertiary/aromatic N) is 1. The second-order valence-corrected chi connectivity index (χ2v) is 4.36. The van der Waals surface area contributed by atoms with E-state index in [1.54, 1.807) is 18.9 Å². The molecule has 1 aliphatic heterocycles. The van der Waals surface area contributed by atoms with Crippen molar-refractivity contribution in [2.45, 2.75) is 19.6 Å². The van der Waals surface area contributed by atoms with Crippen LogP contribution in [0.3, 0.4) is 0 Å². The first kappa shape index (κ1) is 12.9. The summed E-state index contributed by atoms with van der Waals surface area (Å²) in [5, 5.41) is 11.8. The molecule has 1 aliphatic rings. The second-order valence-electron chi connectivity index (χ2n) is 4.36. The quantitative estimate of drug-likeness (QED) is 0.764. The third-order valence-corrected chi connectivity index (χ3v) is 2.98. The molecule has 2 N–H and O–H groups in total. The number of aliphatic hydroxyl groups excluding tert-OH is 1. The molecule has 0 aliphatic carbocycles. The van der Waals surface area contributed by atoms with E-state index < -0.39 is 6.10 Å². The van der Waals surface area contributed by atoms with Gasteiger partial charge < -0.3 is 20.1 Å². The minimum Gasteiger partial charge on any atom is -0.479 e. The number of likely N-dealkylation sites (N-methyl/N-ethyl adjacent to an activating group) is 1. The number of carbonyl (C=O) groups is 1. The summed E-state index contributed by atoms with van der Waals surface area (Å²) in [6.07, 6.45) is -0.430. The first-order chi connectivity index (χ1) is 8.63. The largest absolute Gasteiger partial charge is 0.479 e. The maximum atomic E-state index is 11.8. The van der Waals surface area contributed by atoms with Crippen molar-refractivity contribution in [2.75, 3.05) is 25.1 Å². The zero-order valence-electron chi connectivity index (χ0n) is 10.6. The number of benzene rings is 1. The van der Waals surface area contributed by atoms with Crippen LogP contribution in [0.25, 0.3) is 0 Å². The van der Waals surface area contributed by atoms with Gasteiger partial charge in [-0.05, 0) is 24.6 Å². The third kappa shape index (κ3) is 2.47. The predicted octanol–water partition coefficient (Wildman–Crippen LogP) is 0.512. The normalized spacial score (nSPS) is 18.5. The van der Waals surface area contributed by atoms with Gasteiger partial charge in [0, 0.05) is 20.1 Å². The Bertz CT molecular complexity index is 448. The summed E-state index contributed by atoms with van der Waals surface area (Å²) < 4.78 is 5.54. The number of aliphatic hydroxyl groups is 1. The minimum absolute atomic E-state index is 0.0389. The average Bonchev–Trinajstić information content (AvgIpc) is 2.37. The number of nitrogens with one attached hydrogen (secondary N) is 1. The van der Waals surface area contributed by atoms with Crippen LogP contribution >= 0.6 is 0 Å². The highest BCUT2D eigenvalue weighted by Crippen LogP contribution is 2.33. The lowest BCUT2D eigenvalue weighted by Crippen LogP contribution is -2.42. The van der Waals surface area contributed by atoms with Gasteiger partial charge in [-0.25, -0.2) is 0 Å². The number of hydrogen-bond acceptors (Lipinski definition) is 4. The van der Waals surface area contributed by atoms with Gasteiger partial charge in [0.05, 0.1) is 12.3 Å². The first-order valence-corrected chi connectivity index (χ1v) is 6.02. The monoisotopic (exact) mass is 250 g/mol. The number of anilines is 1. The number of rotatable bonds is 4. The standard InChI is InChI=1S/C13H18N2O3/c1-9-13(17)15(2)11-7-10(8-14-5-6-16)3-4-12(11)18-9/h3-4,7,9,14,16H,5-6,8H2,1-2H3. The van der Waals surface area contributed by atoms with E-state index in [1.807, 2.05) is 18.2 Å². The molecule has 0 radical (unpaired) electrons. The fourth-order valence-corrected chi connectivity index (χ4v) is 1.98. The van der Waals surface area contributed by atoms with Crippen LogP contribution in [0, 0.1) is 0 Å². The van der Waals surface area contributed by atoms with Crippen LogP contribution in [0.4, 0.5) is 5.69 Å². The van der Waals surface area contributed by atoms with Crippen molar-refractivity contribution in [1.29, 1.82) is 0 Å². The number of amides is 1. The number of hydrogen-bond donors (Lipinski definition) is 2. The van der Waals surface area contributed by atoms with Crippen LogP contribution in [-0.4, -0.2) is 37.3 Å². The van der Waals surface area contributed by atoms with Gasteiger partial charge in [0.1, 0.15) is 5.75 Å². The van der Waals surface area contributed by atoms with E-state index in [-0.39, 0.29) is 12.5 Å². The van der Waals surface area contributed by atoms with Crippen LogP contribution in [-0.2, 0) is 11.3 Å². The number of ether oxygens (including phenoxy) is 1. The highest BCUT2D eigenvalue weighted by atomic mass is 16.5. The molecule has 0 saturated carbocycles. The first-order valence-electron chi connectivity index (χ1n) is 6.02. The SMILES string of the molecule is CC1Oc2ccc(CNCCO)cc2N(C)C1=O. The van der Waals surface area contributed by atoms with E-state index in [9.17, 15) is 4.79 Å². The molecule has 0 aromatic heterocycles. The second kappa shape index (κ2) is 5.37. The lowest BCUT2D eigenvalue weighted by atomic mass is 10.1. The molecule has 0 fully saturated rings. The molecule has 1 atom stereocenters. The van der Waals surface area contributed by atoms with Crippen molar-refractivity contribution in [3.05, 3.63) is 23.8 Å². The summed E-state index contributed by atoms with van der Waals surface area (Å²) in [5.41, 5.74) is 1.85. The van der Waals surface area contributed by atoms with Crippen molar-refractivity contribution in [3.63, 3.8) is 0 Å². The summed E-state index contributed by atoms with van der Waals surface area (Å²) in [6.45, 7) is 3.08. The molecular formula is C13H18N2O3. The predicted molar refractivity (Wildman–Crippen MR) is 68.7 cm³/mol. The van der Waals surface area contributed by atoms with Crippen molar-refractivity contribution < 1.29 is 14.6 Å². The molecule has 2 rings (SSSR count). The van der Waals surface area contributed by atoms with Crippen LogP contribution in [0.1, 0.15) is 12.5 Å². The maximum Gasteiger partial charge on any atom is 0.267 e. The van der Waals surface area contributed by atoms with Gasteiger partial charge >= 0.3 is 0 Å². The Kier molecular flexibility index (Phi) is 3.84. The molecule has 1 aromatic carbocycles. The zero-order chi connectivity index (χ0) is 13.1. The summed E-state index contributed by atoms with van der Waals surface area (Å²) >= 11 is 0. The van der Waals surface area contributed by atoms with E-state index in [0.717, 1.165) is 17.0 Å². The molecule has 98 valence electrons. The highest BCUT2D eigenvalue weighted by Gasteiger charge is 2.28. The maximum absolute atomic E-state index is 11.8. The highest BCUT2D eigenvalue weighted by molar-refractivity contribution is 5.99. The zero-order valence-corrected chi connectivity index (χ0v) is 10.6. The molecule has 1 unspecified atom stereocenters. The van der Waals surface area contributed by atoms with Crippen LogP contribution in [0.15, 0.2) is 18.2 Å². The Balaban J connectivity index is 2.18. The van der Waals surface area contributed by atoms with E-state index >= 15 is 0 Å². The number of carbonyl (C=O) groups excluding carboxylic acids is 1. The van der Waals surface area contributed by atoms with Gasteiger partial charge in [-0.1, -0.05) is 6.07 Å². The Morgan fingerprint density at radius 2 is 2.28 bits per heavy atom. The fourth-order valence-electron chi connectivity index (χ4n) is 1.98. The topological polar surface area (TPSA) is 61.8 Å².